The van der Waals surface area contributed by atoms with E-state index >= 15 is 0 Å². The van der Waals surface area contributed by atoms with Crippen LogP contribution in [0.5, 0.6) is 5.75 Å². The third kappa shape index (κ3) is 4.96. The first kappa shape index (κ1) is 23.5. The lowest BCUT2D eigenvalue weighted by Crippen LogP contribution is -2.48. The van der Waals surface area contributed by atoms with Gasteiger partial charge in [0.1, 0.15) is 5.75 Å². The minimum Gasteiger partial charge on any atom is -0.495 e. The number of anilines is 2. The van der Waals surface area contributed by atoms with Crippen LogP contribution >= 0.6 is 0 Å². The summed E-state index contributed by atoms with van der Waals surface area (Å²) in [5.41, 5.74) is 1.42. The summed E-state index contributed by atoms with van der Waals surface area (Å²) < 4.78 is 59.5. The summed E-state index contributed by atoms with van der Waals surface area (Å²) in [6, 6.07) is 16.1. The van der Waals surface area contributed by atoms with E-state index in [1.54, 1.807) is 24.1 Å². The van der Waals surface area contributed by atoms with Gasteiger partial charge in [0, 0.05) is 37.4 Å². The first-order valence-electron chi connectivity index (χ1n) is 10.5. The van der Waals surface area contributed by atoms with E-state index in [9.17, 15) is 22.0 Å². The van der Waals surface area contributed by atoms with Gasteiger partial charge in [-0.1, -0.05) is 18.2 Å². The molecular formula is C24H23F2N3O4S. The van der Waals surface area contributed by atoms with Gasteiger partial charge in [0.2, 0.25) is 0 Å². The number of carbonyl (C=O) groups excluding carboxylic acids is 1. The fraction of sp³-hybridized carbons (Fsp3) is 0.208. The molecule has 0 unspecified atom stereocenters. The van der Waals surface area contributed by atoms with Gasteiger partial charge in [0.05, 0.1) is 17.7 Å². The number of sulfonamides is 1. The summed E-state index contributed by atoms with van der Waals surface area (Å²) in [5.74, 6) is -1.87. The number of hydrogen-bond acceptors (Lipinski definition) is 5. The zero-order valence-corrected chi connectivity index (χ0v) is 19.2. The van der Waals surface area contributed by atoms with Gasteiger partial charge in [-0.05, 0) is 48.5 Å². The largest absolute Gasteiger partial charge is 0.495 e. The van der Waals surface area contributed by atoms with E-state index < -0.39 is 26.6 Å². The molecule has 178 valence electrons. The van der Waals surface area contributed by atoms with E-state index in [2.05, 4.69) is 9.62 Å². The van der Waals surface area contributed by atoms with Gasteiger partial charge in [-0.2, -0.15) is 0 Å². The van der Waals surface area contributed by atoms with Gasteiger partial charge in [0.25, 0.3) is 15.9 Å². The molecule has 0 radical (unpaired) electrons. The maximum absolute atomic E-state index is 13.5. The number of rotatable bonds is 6. The van der Waals surface area contributed by atoms with Gasteiger partial charge < -0.3 is 14.5 Å². The maximum Gasteiger partial charge on any atom is 0.261 e. The number of ether oxygens (including phenoxy) is 1. The SMILES string of the molecule is COc1ccccc1N1CCN(C(=O)c2cccc(NS(=O)(=O)c3ccc(F)c(F)c3)c2)CC1. The predicted octanol–water partition coefficient (Wildman–Crippen LogP) is 3.74. The van der Waals surface area contributed by atoms with Crippen LogP contribution in [0.4, 0.5) is 20.2 Å². The minimum absolute atomic E-state index is 0.142. The number of amides is 1. The highest BCUT2D eigenvalue weighted by atomic mass is 32.2. The van der Waals surface area contributed by atoms with Gasteiger partial charge in [-0.25, -0.2) is 17.2 Å². The molecule has 3 aromatic rings. The van der Waals surface area contributed by atoms with E-state index in [-0.39, 0.29) is 11.6 Å². The van der Waals surface area contributed by atoms with E-state index in [0.717, 1.165) is 23.6 Å². The molecule has 0 atom stereocenters. The molecule has 1 N–H and O–H groups in total. The second-order valence-corrected chi connectivity index (χ2v) is 9.40. The average molecular weight is 488 g/mol. The molecule has 7 nitrogen and oxygen atoms in total. The van der Waals surface area contributed by atoms with Crippen LogP contribution in [0.2, 0.25) is 0 Å². The van der Waals surface area contributed by atoms with Crippen molar-refractivity contribution < 1.29 is 26.7 Å². The lowest BCUT2D eigenvalue weighted by molar-refractivity contribution is 0.0746. The van der Waals surface area contributed by atoms with Crippen molar-refractivity contribution in [1.82, 2.24) is 4.90 Å². The predicted molar refractivity (Wildman–Crippen MR) is 125 cm³/mol. The normalized spacial score (nSPS) is 14.1. The lowest BCUT2D eigenvalue weighted by atomic mass is 10.1. The Morgan fingerprint density at radius 2 is 1.65 bits per heavy atom. The highest BCUT2D eigenvalue weighted by Gasteiger charge is 2.24. The molecule has 3 aromatic carbocycles. The van der Waals surface area contributed by atoms with Crippen LogP contribution in [-0.4, -0.2) is 52.5 Å². The van der Waals surface area contributed by atoms with Crippen molar-refractivity contribution in [3.8, 4) is 5.75 Å². The van der Waals surface area contributed by atoms with Gasteiger partial charge in [-0.3, -0.25) is 9.52 Å². The second-order valence-electron chi connectivity index (χ2n) is 7.71. The van der Waals surface area contributed by atoms with Gasteiger partial charge in [0.15, 0.2) is 11.6 Å². The van der Waals surface area contributed by atoms with Crippen LogP contribution in [0.15, 0.2) is 71.6 Å². The maximum atomic E-state index is 13.5. The molecule has 10 heteroatoms. The molecule has 1 fully saturated rings. The Hall–Kier alpha value is -3.66. The number of para-hydroxylation sites is 2. The molecule has 1 saturated heterocycles. The Bertz CT molecular complexity index is 1310. The third-order valence-electron chi connectivity index (χ3n) is 5.56. The quantitative estimate of drug-likeness (QED) is 0.573. The van der Waals surface area contributed by atoms with Crippen molar-refractivity contribution >= 4 is 27.3 Å². The smallest absolute Gasteiger partial charge is 0.261 e. The van der Waals surface area contributed by atoms with Crippen molar-refractivity contribution in [2.45, 2.75) is 4.90 Å². The van der Waals surface area contributed by atoms with Gasteiger partial charge >= 0.3 is 0 Å². The summed E-state index contributed by atoms with van der Waals surface area (Å²) >= 11 is 0. The Morgan fingerprint density at radius 3 is 2.35 bits per heavy atom. The first-order valence-corrected chi connectivity index (χ1v) is 12.0. The summed E-state index contributed by atoms with van der Waals surface area (Å²) in [5, 5.41) is 0. The van der Waals surface area contributed by atoms with Crippen molar-refractivity contribution in [2.75, 3.05) is 42.9 Å². The van der Waals surface area contributed by atoms with Crippen molar-refractivity contribution in [1.29, 1.82) is 0 Å². The summed E-state index contributed by atoms with van der Waals surface area (Å²) in [4.78, 5) is 16.5. The van der Waals surface area contributed by atoms with Crippen molar-refractivity contribution in [3.05, 3.63) is 83.9 Å². The topological polar surface area (TPSA) is 79.0 Å². The minimum atomic E-state index is -4.16. The van der Waals surface area contributed by atoms with Crippen molar-refractivity contribution in [3.63, 3.8) is 0 Å². The molecule has 0 aromatic heterocycles. The average Bonchev–Trinajstić information content (AvgIpc) is 2.85. The molecular weight excluding hydrogens is 464 g/mol. The van der Waals surface area contributed by atoms with Crippen molar-refractivity contribution in [2.24, 2.45) is 0 Å². The highest BCUT2D eigenvalue weighted by Crippen LogP contribution is 2.28. The van der Waals surface area contributed by atoms with Crippen LogP contribution in [0.1, 0.15) is 10.4 Å². The lowest BCUT2D eigenvalue weighted by Gasteiger charge is -2.36. The third-order valence-corrected chi connectivity index (χ3v) is 6.93. The fourth-order valence-electron chi connectivity index (χ4n) is 3.80. The number of carbonyl (C=O) groups is 1. The molecule has 4 rings (SSSR count). The number of hydrogen-bond donors (Lipinski definition) is 1. The van der Waals surface area contributed by atoms with Crippen LogP contribution in [0, 0.1) is 11.6 Å². The first-order chi connectivity index (χ1) is 16.3. The highest BCUT2D eigenvalue weighted by molar-refractivity contribution is 7.92. The van der Waals surface area contributed by atoms with Crippen LogP contribution in [-0.2, 0) is 10.0 Å². The summed E-state index contributed by atoms with van der Waals surface area (Å²) in [6.45, 7) is 2.21. The molecule has 1 heterocycles. The zero-order valence-electron chi connectivity index (χ0n) is 18.4. The number of piperazine rings is 1. The standard InChI is InChI=1S/C24H23F2N3O4S/c1-33-23-8-3-2-7-22(23)28-11-13-29(14-12-28)24(30)17-5-4-6-18(15-17)27-34(31,32)19-9-10-20(25)21(26)16-19/h2-10,15-16,27H,11-14H2,1H3. The van der Waals surface area contributed by atoms with E-state index in [1.807, 2.05) is 24.3 Å². The number of halogens is 2. The van der Waals surface area contributed by atoms with E-state index in [1.165, 1.54) is 12.1 Å². The zero-order chi connectivity index (χ0) is 24.3. The number of nitrogens with one attached hydrogen (secondary N) is 1. The van der Waals surface area contributed by atoms with Crippen LogP contribution < -0.4 is 14.4 Å². The fourth-order valence-corrected chi connectivity index (χ4v) is 4.86. The molecule has 1 aliphatic heterocycles. The van der Waals surface area contributed by atoms with E-state index in [4.69, 9.17) is 4.74 Å². The molecule has 34 heavy (non-hydrogen) atoms. The van der Waals surface area contributed by atoms with Crippen LogP contribution in [0.25, 0.3) is 0 Å². The van der Waals surface area contributed by atoms with E-state index in [0.29, 0.717) is 37.8 Å². The summed E-state index contributed by atoms with van der Waals surface area (Å²) in [6.07, 6.45) is 0. The molecule has 1 aliphatic rings. The molecule has 0 bridgehead atoms. The molecule has 0 aliphatic carbocycles. The monoisotopic (exact) mass is 487 g/mol. The Labute approximate surface area is 196 Å². The van der Waals surface area contributed by atoms with Gasteiger partial charge in [-0.15, -0.1) is 0 Å². The number of nitrogens with zero attached hydrogens (tertiary/aromatic N) is 2. The number of methoxy groups -OCH3 is 1. The Morgan fingerprint density at radius 1 is 0.912 bits per heavy atom. The summed E-state index contributed by atoms with van der Waals surface area (Å²) in [7, 11) is -2.55. The number of benzene rings is 3. The molecule has 0 saturated carbocycles. The molecule has 1 amide bonds. The molecule has 0 spiro atoms. The van der Waals surface area contributed by atoms with Crippen LogP contribution in [0.3, 0.4) is 0 Å². The second kappa shape index (κ2) is 9.68. The Kier molecular flexibility index (Phi) is 6.69. The Balaban J connectivity index is 1.44.